The van der Waals surface area contributed by atoms with Crippen LogP contribution in [0.15, 0.2) is 36.8 Å². The Morgan fingerprint density at radius 1 is 1.46 bits per heavy atom. The van der Waals surface area contributed by atoms with Gasteiger partial charge in [-0.2, -0.15) is 0 Å². The van der Waals surface area contributed by atoms with Gasteiger partial charge >= 0.3 is 35.5 Å². The third-order valence-electron chi connectivity index (χ3n) is 0.464. The van der Waals surface area contributed by atoms with Gasteiger partial charge in [-0.1, -0.05) is 18.0 Å². The largest absolute Gasteiger partial charge is 1.00 e. The van der Waals surface area contributed by atoms with Gasteiger partial charge < -0.3 is 15.0 Å². The Kier molecular flexibility index (Phi) is 18.7. The second-order valence-corrected chi connectivity index (χ2v) is 1.33. The van der Waals surface area contributed by atoms with Gasteiger partial charge in [-0.25, -0.2) is 4.79 Å². The fourth-order valence-electron chi connectivity index (χ4n) is 0.113. The smallest absolute Gasteiger partial charge is 0.545 e. The van der Waals surface area contributed by atoms with Crippen molar-refractivity contribution >= 4 is 11.9 Å². The van der Waals surface area contributed by atoms with Gasteiger partial charge in [0.15, 0.2) is 0 Å². The van der Waals surface area contributed by atoms with Crippen LogP contribution in [0.25, 0.3) is 0 Å². The maximum absolute atomic E-state index is 9.57. The van der Waals surface area contributed by atoms with Gasteiger partial charge in [0.25, 0.3) is 0 Å². The number of rotatable bonds is 2. The molecule has 0 spiro atoms. The molecule has 0 fully saturated rings. The van der Waals surface area contributed by atoms with Crippen LogP contribution in [0.2, 0.25) is 0 Å². The van der Waals surface area contributed by atoms with Crippen LogP contribution in [0.4, 0.5) is 0 Å². The van der Waals surface area contributed by atoms with Crippen molar-refractivity contribution in [2.75, 3.05) is 0 Å². The van der Waals surface area contributed by atoms with Gasteiger partial charge in [-0.3, -0.25) is 0 Å². The number of carbonyl (C=O) groups is 2. The molecule has 0 aliphatic rings. The number of carbonyl (C=O) groups excluding carboxylic acids is 1. The SMILES string of the molecule is C=C=C=CC(=O)O.C=CC(=O)[O-].[Na+]. The first-order chi connectivity index (χ1) is 5.54. The van der Waals surface area contributed by atoms with Crippen LogP contribution in [0, 0.1) is 0 Å². The van der Waals surface area contributed by atoms with Gasteiger partial charge in [0, 0.05) is 0 Å². The second kappa shape index (κ2) is 13.6. The molecule has 0 amide bonds. The van der Waals surface area contributed by atoms with E-state index in [0.29, 0.717) is 0 Å². The van der Waals surface area contributed by atoms with Crippen LogP contribution in [0.5, 0.6) is 0 Å². The van der Waals surface area contributed by atoms with E-state index in [1.165, 1.54) is 0 Å². The normalized spacial score (nSPS) is 5.54. The maximum atomic E-state index is 9.57. The molecule has 0 aliphatic carbocycles. The monoisotopic (exact) mass is 190 g/mol. The Balaban J connectivity index is -0.000000150. The quantitative estimate of drug-likeness (QED) is 0.278. The van der Waals surface area contributed by atoms with Crippen molar-refractivity contribution in [3.05, 3.63) is 36.8 Å². The first-order valence-electron chi connectivity index (χ1n) is 2.71. The van der Waals surface area contributed by atoms with Crippen LogP contribution in [-0.2, 0) is 9.59 Å². The predicted molar refractivity (Wildman–Crippen MR) is 40.1 cm³/mol. The van der Waals surface area contributed by atoms with E-state index in [1.807, 2.05) is 0 Å². The van der Waals surface area contributed by atoms with Crippen molar-refractivity contribution in [1.82, 2.24) is 0 Å². The minimum absolute atomic E-state index is 0. The van der Waals surface area contributed by atoms with Crippen molar-refractivity contribution in [3.63, 3.8) is 0 Å². The van der Waals surface area contributed by atoms with Crippen molar-refractivity contribution in [1.29, 1.82) is 0 Å². The average molecular weight is 190 g/mol. The second-order valence-electron chi connectivity index (χ2n) is 1.33. The van der Waals surface area contributed by atoms with E-state index in [2.05, 4.69) is 24.6 Å². The molecule has 0 atom stereocenters. The number of aliphatic carboxylic acids is 2. The first kappa shape index (κ1) is 17.9. The van der Waals surface area contributed by atoms with Gasteiger partial charge in [-0.05, 0) is 12.7 Å². The third kappa shape index (κ3) is 35.7. The zero-order valence-corrected chi connectivity index (χ0v) is 9.24. The van der Waals surface area contributed by atoms with E-state index in [9.17, 15) is 4.79 Å². The first-order valence-corrected chi connectivity index (χ1v) is 2.71. The van der Waals surface area contributed by atoms with Crippen molar-refractivity contribution in [3.8, 4) is 0 Å². The maximum Gasteiger partial charge on any atom is 1.00 e. The Morgan fingerprint density at radius 2 is 1.85 bits per heavy atom. The summed E-state index contributed by atoms with van der Waals surface area (Å²) < 4.78 is 0. The Bertz CT molecular complexity index is 257. The van der Waals surface area contributed by atoms with Crippen molar-refractivity contribution in [2.24, 2.45) is 0 Å². The molecule has 4 nitrogen and oxygen atoms in total. The van der Waals surface area contributed by atoms with Crippen LogP contribution >= 0.6 is 0 Å². The summed E-state index contributed by atoms with van der Waals surface area (Å²) in [6.45, 7) is 6.00. The molecule has 0 saturated carbocycles. The van der Waals surface area contributed by atoms with E-state index >= 15 is 0 Å². The summed E-state index contributed by atoms with van der Waals surface area (Å²) in [4.78, 5) is 18.7. The minimum Gasteiger partial charge on any atom is -0.545 e. The molecular weight excluding hydrogens is 183 g/mol. The fraction of sp³-hybridized carbons (Fsp3) is 0. The molecule has 0 aromatic rings. The van der Waals surface area contributed by atoms with Crippen molar-refractivity contribution in [2.45, 2.75) is 0 Å². The Labute approximate surface area is 97.9 Å². The molecule has 0 saturated heterocycles. The van der Waals surface area contributed by atoms with E-state index < -0.39 is 11.9 Å². The van der Waals surface area contributed by atoms with Crippen LogP contribution in [0.3, 0.4) is 0 Å². The van der Waals surface area contributed by atoms with Crippen LogP contribution in [0.1, 0.15) is 0 Å². The molecule has 13 heavy (non-hydrogen) atoms. The molecular formula is C8H7NaO4. The third-order valence-corrected chi connectivity index (χ3v) is 0.464. The topological polar surface area (TPSA) is 77.4 Å². The molecule has 0 bridgehead atoms. The molecule has 0 heterocycles. The van der Waals surface area contributed by atoms with E-state index in [4.69, 9.17) is 15.0 Å². The van der Waals surface area contributed by atoms with E-state index in [1.54, 1.807) is 0 Å². The van der Waals surface area contributed by atoms with Gasteiger partial charge in [0.05, 0.1) is 12.0 Å². The number of hydrogen-bond acceptors (Lipinski definition) is 3. The Hall–Kier alpha value is -1.02. The minimum atomic E-state index is -1.23. The summed E-state index contributed by atoms with van der Waals surface area (Å²) in [5.41, 5.74) is 4.32. The summed E-state index contributed by atoms with van der Waals surface area (Å²) in [5, 5.41) is 17.0. The van der Waals surface area contributed by atoms with E-state index in [-0.39, 0.29) is 29.6 Å². The number of carboxylic acid groups (broad SMARTS) is 2. The van der Waals surface area contributed by atoms with Crippen LogP contribution < -0.4 is 34.7 Å². The molecule has 0 aromatic carbocycles. The zero-order valence-electron chi connectivity index (χ0n) is 7.24. The number of hydrogen-bond donors (Lipinski definition) is 1. The molecule has 64 valence electrons. The zero-order chi connectivity index (χ0) is 9.98. The molecule has 5 heteroatoms. The summed E-state index contributed by atoms with van der Waals surface area (Å²) in [7, 11) is 0. The van der Waals surface area contributed by atoms with Gasteiger partial charge in [0.2, 0.25) is 0 Å². The molecule has 0 aliphatic heterocycles. The van der Waals surface area contributed by atoms with Crippen molar-refractivity contribution < 1.29 is 49.4 Å². The fourth-order valence-corrected chi connectivity index (χ4v) is 0.113. The molecule has 1 N–H and O–H groups in total. The molecule has 0 unspecified atom stereocenters. The molecule has 0 aromatic heterocycles. The summed E-state index contributed by atoms with van der Waals surface area (Å²) >= 11 is 0. The van der Waals surface area contributed by atoms with Gasteiger partial charge in [-0.15, -0.1) is 0 Å². The number of carboxylic acids is 2. The average Bonchev–Trinajstić information content (AvgIpc) is 2.02. The standard InChI is InChI=1S/C5H4O2.C3H4O2.Na/c1-2-3-4-5(6)7;1-2-3(4)5;/h4H,1H2,(H,6,7);2H,1H2,(H,4,5);/q;;+1/p-1. The summed E-state index contributed by atoms with van der Waals surface area (Å²) in [6, 6.07) is 0. The summed E-state index contributed by atoms with van der Waals surface area (Å²) in [5.74, 6) is -2.26. The summed E-state index contributed by atoms with van der Waals surface area (Å²) in [6.07, 6.45) is 1.56. The van der Waals surface area contributed by atoms with Gasteiger partial charge in [0.1, 0.15) is 0 Å². The molecule has 0 radical (unpaired) electrons. The Morgan fingerprint density at radius 3 is 1.92 bits per heavy atom. The predicted octanol–water partition coefficient (Wildman–Crippen LogP) is -3.51. The van der Waals surface area contributed by atoms with Crippen LogP contribution in [-0.4, -0.2) is 17.0 Å². The molecule has 0 rings (SSSR count). The van der Waals surface area contributed by atoms with E-state index in [0.717, 1.165) is 12.2 Å².